The summed E-state index contributed by atoms with van der Waals surface area (Å²) in [5.41, 5.74) is 0.302. The lowest BCUT2D eigenvalue weighted by molar-refractivity contribution is -0.384. The van der Waals surface area contributed by atoms with E-state index in [2.05, 4.69) is 0 Å². The third-order valence-electron chi connectivity index (χ3n) is 5.33. The normalized spacial score (nSPS) is 14.0. The Morgan fingerprint density at radius 2 is 1.82 bits per heavy atom. The maximum absolute atomic E-state index is 12.9. The molecule has 1 aliphatic heterocycles. The van der Waals surface area contributed by atoms with Crippen molar-refractivity contribution in [1.82, 2.24) is 4.90 Å². The molecule has 1 heterocycles. The molecule has 1 fully saturated rings. The van der Waals surface area contributed by atoms with E-state index in [0.29, 0.717) is 16.3 Å². The van der Waals surface area contributed by atoms with Crippen molar-refractivity contribution in [2.24, 2.45) is 0 Å². The molecule has 39 heavy (non-hydrogen) atoms. The van der Waals surface area contributed by atoms with Gasteiger partial charge in [0.15, 0.2) is 11.5 Å². The number of non-ortho nitro benzene ring substituents is 1. The number of amides is 2. The molecule has 0 atom stereocenters. The smallest absolute Gasteiger partial charge is 0.343 e. The van der Waals surface area contributed by atoms with Gasteiger partial charge in [0.2, 0.25) is 0 Å². The molecule has 4 rings (SSSR count). The zero-order chi connectivity index (χ0) is 27.9. The molecule has 0 bridgehead atoms. The highest BCUT2D eigenvalue weighted by Crippen LogP contribution is 2.35. The molecule has 2 amide bonds. The molecule has 0 saturated carbocycles. The van der Waals surface area contributed by atoms with Crippen molar-refractivity contribution in [2.45, 2.75) is 6.92 Å². The fraction of sp³-hybridized carbons (Fsp3) is 0.148. The Balaban J connectivity index is 1.45. The Hall–Kier alpha value is -4.35. The van der Waals surface area contributed by atoms with Crippen LogP contribution in [0.3, 0.4) is 0 Å². The summed E-state index contributed by atoms with van der Waals surface area (Å²) >= 11 is 6.66. The first-order valence-electron chi connectivity index (χ1n) is 11.6. The van der Waals surface area contributed by atoms with Crippen molar-refractivity contribution >= 4 is 52.2 Å². The number of esters is 1. The van der Waals surface area contributed by atoms with Gasteiger partial charge in [0.1, 0.15) is 12.4 Å². The van der Waals surface area contributed by atoms with E-state index in [1.165, 1.54) is 24.3 Å². The molecule has 1 saturated heterocycles. The molecule has 0 aromatic heterocycles. The predicted octanol–water partition coefficient (Wildman–Crippen LogP) is 5.98. The van der Waals surface area contributed by atoms with Crippen LogP contribution in [0, 0.1) is 10.1 Å². The first kappa shape index (κ1) is 27.7. The van der Waals surface area contributed by atoms with Gasteiger partial charge in [-0.1, -0.05) is 23.7 Å². The first-order chi connectivity index (χ1) is 18.7. The number of imide groups is 1. The van der Waals surface area contributed by atoms with E-state index in [-0.39, 0.29) is 47.4 Å². The molecule has 12 heteroatoms. The van der Waals surface area contributed by atoms with Crippen LogP contribution in [0.1, 0.15) is 22.8 Å². The van der Waals surface area contributed by atoms with E-state index in [4.69, 9.17) is 25.8 Å². The van der Waals surface area contributed by atoms with Crippen LogP contribution < -0.4 is 14.2 Å². The molecule has 10 nitrogen and oxygen atoms in total. The lowest BCUT2D eigenvalue weighted by Crippen LogP contribution is -2.32. The molecule has 0 aliphatic carbocycles. The zero-order valence-electron chi connectivity index (χ0n) is 20.5. The predicted molar refractivity (Wildman–Crippen MR) is 145 cm³/mol. The summed E-state index contributed by atoms with van der Waals surface area (Å²) in [6.45, 7) is 2.19. The van der Waals surface area contributed by atoms with Crippen LogP contribution in [0.5, 0.6) is 17.2 Å². The number of rotatable bonds is 10. The van der Waals surface area contributed by atoms with Crippen LogP contribution in [0.4, 0.5) is 10.5 Å². The maximum atomic E-state index is 12.9. The number of thioether (sulfide) groups is 1. The number of hydrogen-bond acceptors (Lipinski definition) is 9. The largest absolute Gasteiger partial charge is 0.492 e. The van der Waals surface area contributed by atoms with Gasteiger partial charge >= 0.3 is 5.97 Å². The third kappa shape index (κ3) is 6.95. The number of nitro groups is 1. The quantitative estimate of drug-likeness (QED) is 0.0954. The molecule has 0 unspecified atom stereocenters. The van der Waals surface area contributed by atoms with E-state index >= 15 is 0 Å². The van der Waals surface area contributed by atoms with Crippen molar-refractivity contribution in [3.8, 4) is 17.2 Å². The minimum absolute atomic E-state index is 0.00411. The van der Waals surface area contributed by atoms with Crippen LogP contribution in [-0.2, 0) is 4.79 Å². The number of ether oxygens (including phenoxy) is 3. The Morgan fingerprint density at radius 3 is 2.54 bits per heavy atom. The number of carbonyl (C=O) groups is 3. The lowest BCUT2D eigenvalue weighted by atomic mass is 10.1. The highest BCUT2D eigenvalue weighted by atomic mass is 35.5. The summed E-state index contributed by atoms with van der Waals surface area (Å²) < 4.78 is 16.6. The van der Waals surface area contributed by atoms with Crippen LogP contribution >= 0.6 is 23.4 Å². The second-order valence-corrected chi connectivity index (χ2v) is 9.40. The van der Waals surface area contributed by atoms with E-state index in [1.54, 1.807) is 49.4 Å². The SMILES string of the molecule is CCOc1cc(/C=C2\SC(=O)N(CCOc3ccc(Cl)cc3)C2=O)ccc1OC(=O)c1cccc([N+](=O)[O-])c1. The van der Waals surface area contributed by atoms with Crippen LogP contribution in [0.15, 0.2) is 71.6 Å². The molecule has 3 aromatic carbocycles. The molecule has 1 aliphatic rings. The summed E-state index contributed by atoms with van der Waals surface area (Å²) in [6, 6.07) is 16.6. The number of nitrogens with zero attached hydrogens (tertiary/aromatic N) is 2. The van der Waals surface area contributed by atoms with Gasteiger partial charge in [0.05, 0.1) is 28.5 Å². The summed E-state index contributed by atoms with van der Waals surface area (Å²) in [5.74, 6) is -0.367. The van der Waals surface area contributed by atoms with Gasteiger partial charge in [-0.25, -0.2) is 4.79 Å². The number of benzene rings is 3. The zero-order valence-corrected chi connectivity index (χ0v) is 22.1. The molecule has 0 spiro atoms. The number of halogens is 1. The second kappa shape index (κ2) is 12.5. The Bertz CT molecular complexity index is 1460. The fourth-order valence-corrected chi connectivity index (χ4v) is 4.49. The molecule has 200 valence electrons. The number of hydrogen-bond donors (Lipinski definition) is 0. The van der Waals surface area contributed by atoms with Gasteiger partial charge in [-0.2, -0.15) is 0 Å². The Labute approximate surface area is 232 Å². The monoisotopic (exact) mass is 568 g/mol. The van der Waals surface area contributed by atoms with E-state index < -0.39 is 22.0 Å². The third-order valence-corrected chi connectivity index (χ3v) is 6.49. The van der Waals surface area contributed by atoms with Gasteiger partial charge in [0.25, 0.3) is 16.8 Å². The molecular formula is C27H21ClN2O8S. The van der Waals surface area contributed by atoms with Crippen molar-refractivity contribution in [3.63, 3.8) is 0 Å². The van der Waals surface area contributed by atoms with Crippen LogP contribution in [-0.4, -0.2) is 46.7 Å². The highest BCUT2D eigenvalue weighted by molar-refractivity contribution is 8.18. The van der Waals surface area contributed by atoms with Crippen molar-refractivity contribution in [2.75, 3.05) is 19.8 Å². The maximum Gasteiger partial charge on any atom is 0.343 e. The van der Waals surface area contributed by atoms with Gasteiger partial charge in [-0.15, -0.1) is 0 Å². The Kier molecular flexibility index (Phi) is 8.84. The summed E-state index contributed by atoms with van der Waals surface area (Å²) in [5, 5.41) is 11.2. The topological polar surface area (TPSA) is 125 Å². The minimum Gasteiger partial charge on any atom is -0.492 e. The van der Waals surface area contributed by atoms with Crippen molar-refractivity contribution in [1.29, 1.82) is 0 Å². The summed E-state index contributed by atoms with van der Waals surface area (Å²) in [7, 11) is 0. The van der Waals surface area contributed by atoms with Crippen LogP contribution in [0.25, 0.3) is 6.08 Å². The van der Waals surface area contributed by atoms with E-state index in [1.807, 2.05) is 0 Å². The highest BCUT2D eigenvalue weighted by Gasteiger charge is 2.34. The molecule has 3 aromatic rings. The molecular weight excluding hydrogens is 548 g/mol. The van der Waals surface area contributed by atoms with Gasteiger partial charge < -0.3 is 14.2 Å². The van der Waals surface area contributed by atoms with Crippen molar-refractivity contribution < 1.29 is 33.5 Å². The van der Waals surface area contributed by atoms with E-state index in [9.17, 15) is 24.5 Å². The van der Waals surface area contributed by atoms with Crippen LogP contribution in [0.2, 0.25) is 5.02 Å². The lowest BCUT2D eigenvalue weighted by Gasteiger charge is -2.13. The average molecular weight is 569 g/mol. The fourth-order valence-electron chi connectivity index (χ4n) is 3.50. The minimum atomic E-state index is -0.797. The standard InChI is InChI=1S/C27H21ClN2O8S/c1-2-36-23-14-17(6-11-22(23)38-26(32)18-4-3-5-20(16-18)30(34)35)15-24-25(31)29(27(33)39-24)12-13-37-21-9-7-19(28)8-10-21/h3-11,14-16H,2,12-13H2,1H3/b24-15-. The number of carbonyl (C=O) groups excluding carboxylic acids is 3. The Morgan fingerprint density at radius 1 is 1.05 bits per heavy atom. The molecule has 0 radical (unpaired) electrons. The summed E-state index contributed by atoms with van der Waals surface area (Å²) in [4.78, 5) is 49.6. The molecule has 0 N–H and O–H groups in total. The van der Waals surface area contributed by atoms with Gasteiger partial charge in [-0.05, 0) is 72.8 Å². The van der Waals surface area contributed by atoms with Gasteiger partial charge in [0, 0.05) is 17.2 Å². The summed E-state index contributed by atoms with van der Waals surface area (Å²) in [6.07, 6.45) is 1.54. The average Bonchev–Trinajstić information content (AvgIpc) is 3.18. The van der Waals surface area contributed by atoms with Crippen molar-refractivity contribution in [3.05, 3.63) is 97.9 Å². The first-order valence-corrected chi connectivity index (χ1v) is 12.8. The number of nitro benzene ring substituents is 1. The second-order valence-electron chi connectivity index (χ2n) is 7.97. The van der Waals surface area contributed by atoms with Gasteiger partial charge in [-0.3, -0.25) is 24.6 Å². The van der Waals surface area contributed by atoms with E-state index in [0.717, 1.165) is 22.7 Å².